The molecule has 3 rings (SSSR count). The van der Waals surface area contributed by atoms with Crippen molar-refractivity contribution in [2.24, 2.45) is 0 Å². The normalized spacial score (nSPS) is 10.6. The second-order valence-corrected chi connectivity index (χ2v) is 5.40. The maximum absolute atomic E-state index is 12.9. The van der Waals surface area contributed by atoms with Crippen molar-refractivity contribution in [3.63, 3.8) is 0 Å². The third kappa shape index (κ3) is 4.66. The second-order valence-electron chi connectivity index (χ2n) is 5.40. The van der Waals surface area contributed by atoms with E-state index in [2.05, 4.69) is 10.1 Å². The van der Waals surface area contributed by atoms with Crippen LogP contribution >= 0.6 is 0 Å². The molecule has 7 nitrogen and oxygen atoms in total. The molecule has 2 aromatic heterocycles. The van der Waals surface area contributed by atoms with Crippen LogP contribution in [0.15, 0.2) is 51.6 Å². The Morgan fingerprint density at radius 2 is 2.08 bits per heavy atom. The Bertz CT molecular complexity index is 815. The van der Waals surface area contributed by atoms with Crippen LogP contribution in [0.3, 0.4) is 0 Å². The van der Waals surface area contributed by atoms with Crippen LogP contribution in [-0.4, -0.2) is 34.6 Å². The lowest BCUT2D eigenvalue weighted by molar-refractivity contribution is -0.133. The third-order valence-electron chi connectivity index (χ3n) is 3.44. The molecule has 0 saturated carbocycles. The number of halogens is 1. The molecule has 2 heterocycles. The Balaban J connectivity index is 1.49. The van der Waals surface area contributed by atoms with Crippen molar-refractivity contribution >= 4 is 5.91 Å². The van der Waals surface area contributed by atoms with Gasteiger partial charge in [0.1, 0.15) is 11.6 Å². The monoisotopic (exact) mass is 345 g/mol. The third-order valence-corrected chi connectivity index (χ3v) is 3.44. The minimum Gasteiger partial charge on any atom is -0.467 e. The van der Waals surface area contributed by atoms with Crippen LogP contribution in [0.2, 0.25) is 0 Å². The molecule has 0 aliphatic rings. The molecule has 0 N–H and O–H groups in total. The Morgan fingerprint density at radius 3 is 2.80 bits per heavy atom. The molecule has 130 valence electrons. The van der Waals surface area contributed by atoms with Crippen molar-refractivity contribution in [1.29, 1.82) is 0 Å². The average molecular weight is 345 g/mol. The van der Waals surface area contributed by atoms with Gasteiger partial charge in [0.25, 0.3) is 5.91 Å². The number of benzene rings is 1. The van der Waals surface area contributed by atoms with Crippen LogP contribution < -0.4 is 4.74 Å². The summed E-state index contributed by atoms with van der Waals surface area (Å²) >= 11 is 0. The first-order valence-electron chi connectivity index (χ1n) is 7.56. The molecule has 0 atom stereocenters. The molecular weight excluding hydrogens is 329 g/mol. The van der Waals surface area contributed by atoms with Crippen molar-refractivity contribution in [3.8, 4) is 6.08 Å². The number of likely N-dealkylation sites (N-methyl/N-ethyl adjacent to an activating group) is 1. The Morgan fingerprint density at radius 1 is 1.28 bits per heavy atom. The highest BCUT2D eigenvalue weighted by molar-refractivity contribution is 5.77. The van der Waals surface area contributed by atoms with Gasteiger partial charge in [-0.1, -0.05) is 17.3 Å². The molecule has 0 fully saturated rings. The Labute approximate surface area is 143 Å². The lowest BCUT2D eigenvalue weighted by Gasteiger charge is -2.14. The molecule has 8 heteroatoms. The van der Waals surface area contributed by atoms with Crippen LogP contribution in [0, 0.1) is 5.82 Å². The SMILES string of the molecule is CN(Cc1ccco1)C(=O)COc1nc(Cc2ccc(F)cc2)no1. The zero-order chi connectivity index (χ0) is 17.6. The number of aromatic nitrogens is 2. The number of carbonyl (C=O) groups is 1. The molecule has 0 saturated heterocycles. The van der Waals surface area contributed by atoms with Gasteiger partial charge in [-0.3, -0.25) is 9.32 Å². The summed E-state index contributed by atoms with van der Waals surface area (Å²) in [6.45, 7) is 0.115. The summed E-state index contributed by atoms with van der Waals surface area (Å²) in [5.74, 6) is 0.501. The molecular formula is C17H16FN3O4. The largest absolute Gasteiger partial charge is 0.467 e. The number of ether oxygens (including phenoxy) is 1. The van der Waals surface area contributed by atoms with Gasteiger partial charge >= 0.3 is 6.08 Å². The summed E-state index contributed by atoms with van der Waals surface area (Å²) in [7, 11) is 1.64. The first-order valence-corrected chi connectivity index (χ1v) is 7.56. The second kappa shape index (κ2) is 7.61. The molecule has 0 bridgehead atoms. The smallest absolute Gasteiger partial charge is 0.417 e. The molecule has 0 aliphatic heterocycles. The van der Waals surface area contributed by atoms with Crippen molar-refractivity contribution in [1.82, 2.24) is 15.0 Å². The molecule has 25 heavy (non-hydrogen) atoms. The van der Waals surface area contributed by atoms with Gasteiger partial charge in [0.15, 0.2) is 12.4 Å². The average Bonchev–Trinajstić information content (AvgIpc) is 3.26. The Kier molecular flexibility index (Phi) is 5.08. The predicted molar refractivity (Wildman–Crippen MR) is 84.2 cm³/mol. The fraction of sp³-hybridized carbons (Fsp3) is 0.235. The highest BCUT2D eigenvalue weighted by Gasteiger charge is 2.14. The first kappa shape index (κ1) is 16.7. The highest BCUT2D eigenvalue weighted by Crippen LogP contribution is 2.12. The van der Waals surface area contributed by atoms with Crippen LogP contribution in [0.25, 0.3) is 0 Å². The maximum Gasteiger partial charge on any atom is 0.417 e. The number of furan rings is 1. The van der Waals surface area contributed by atoms with Crippen molar-refractivity contribution in [3.05, 3.63) is 65.6 Å². The number of amides is 1. The standard InChI is InChI=1S/C17H16FN3O4/c1-21(10-14-3-2-8-23-14)16(22)11-24-17-19-15(20-25-17)9-12-4-6-13(18)7-5-12/h2-8H,9-11H2,1H3. The summed E-state index contributed by atoms with van der Waals surface area (Å²) < 4.78 is 28.2. The number of hydrogen-bond acceptors (Lipinski definition) is 6. The lowest BCUT2D eigenvalue weighted by Crippen LogP contribution is -2.30. The van der Waals surface area contributed by atoms with E-state index in [0.29, 0.717) is 24.6 Å². The van der Waals surface area contributed by atoms with Gasteiger partial charge in [-0.15, -0.1) is 0 Å². The van der Waals surface area contributed by atoms with Crippen molar-refractivity contribution in [2.45, 2.75) is 13.0 Å². The fourth-order valence-electron chi connectivity index (χ4n) is 2.11. The summed E-state index contributed by atoms with van der Waals surface area (Å²) in [6.07, 6.45) is 1.84. The quantitative estimate of drug-likeness (QED) is 0.654. The lowest BCUT2D eigenvalue weighted by atomic mass is 10.1. The molecule has 3 aromatic rings. The first-order chi connectivity index (χ1) is 12.1. The minimum absolute atomic E-state index is 0.0862. The van der Waals surface area contributed by atoms with E-state index in [0.717, 1.165) is 5.56 Å². The van der Waals surface area contributed by atoms with Gasteiger partial charge in [-0.05, 0) is 29.8 Å². The number of rotatable bonds is 7. The van der Waals surface area contributed by atoms with E-state index in [4.69, 9.17) is 13.7 Å². The molecule has 1 amide bonds. The van der Waals surface area contributed by atoms with E-state index in [1.54, 1.807) is 37.6 Å². The summed E-state index contributed by atoms with van der Waals surface area (Å²) in [6, 6.07) is 9.54. The zero-order valence-electron chi connectivity index (χ0n) is 13.5. The van der Waals surface area contributed by atoms with E-state index >= 15 is 0 Å². The van der Waals surface area contributed by atoms with Crippen molar-refractivity contribution in [2.75, 3.05) is 13.7 Å². The van der Waals surface area contributed by atoms with Crippen molar-refractivity contribution < 1.29 is 22.9 Å². The topological polar surface area (TPSA) is 81.6 Å². The van der Waals surface area contributed by atoms with Crippen LogP contribution in [0.4, 0.5) is 4.39 Å². The number of hydrogen-bond donors (Lipinski definition) is 0. The maximum atomic E-state index is 12.9. The van der Waals surface area contributed by atoms with Gasteiger partial charge in [0.2, 0.25) is 0 Å². The molecule has 0 aliphatic carbocycles. The fourth-order valence-corrected chi connectivity index (χ4v) is 2.11. The highest BCUT2D eigenvalue weighted by atomic mass is 19.1. The van der Waals surface area contributed by atoms with Gasteiger partial charge in [0, 0.05) is 13.5 Å². The number of nitrogens with zero attached hydrogens (tertiary/aromatic N) is 3. The summed E-state index contributed by atoms with van der Waals surface area (Å²) in [5, 5.41) is 3.77. The van der Waals surface area contributed by atoms with Gasteiger partial charge < -0.3 is 14.1 Å². The van der Waals surface area contributed by atoms with Gasteiger partial charge in [-0.2, -0.15) is 4.98 Å². The summed E-state index contributed by atoms with van der Waals surface area (Å²) in [4.78, 5) is 17.5. The molecule has 0 radical (unpaired) electrons. The molecule has 0 unspecified atom stereocenters. The van der Waals surface area contributed by atoms with Crippen LogP contribution in [0.5, 0.6) is 6.08 Å². The minimum atomic E-state index is -0.307. The van der Waals surface area contributed by atoms with E-state index in [1.807, 2.05) is 0 Å². The van der Waals surface area contributed by atoms with Gasteiger partial charge in [0.05, 0.1) is 12.8 Å². The molecule has 0 spiro atoms. The predicted octanol–water partition coefficient (Wildman–Crippen LogP) is 2.43. The van der Waals surface area contributed by atoms with E-state index < -0.39 is 0 Å². The van der Waals surface area contributed by atoms with E-state index in [9.17, 15) is 9.18 Å². The van der Waals surface area contributed by atoms with Crippen LogP contribution in [-0.2, 0) is 17.8 Å². The van der Waals surface area contributed by atoms with Crippen LogP contribution in [0.1, 0.15) is 17.1 Å². The Hall–Kier alpha value is -3.16. The summed E-state index contributed by atoms with van der Waals surface area (Å²) in [5.41, 5.74) is 0.836. The van der Waals surface area contributed by atoms with Gasteiger partial charge in [-0.25, -0.2) is 4.39 Å². The zero-order valence-corrected chi connectivity index (χ0v) is 13.5. The number of carbonyl (C=O) groups excluding carboxylic acids is 1. The van der Waals surface area contributed by atoms with E-state index in [-0.39, 0.29) is 24.4 Å². The molecule has 1 aromatic carbocycles. The van der Waals surface area contributed by atoms with E-state index in [1.165, 1.54) is 17.0 Å².